The largest absolute Gasteiger partial charge is 0.493 e. The van der Waals surface area contributed by atoms with E-state index in [1.54, 1.807) is 6.07 Å². The Kier molecular flexibility index (Phi) is 7.36. The van der Waals surface area contributed by atoms with Gasteiger partial charge in [0.05, 0.1) is 12.7 Å². The van der Waals surface area contributed by atoms with Crippen LogP contribution in [-0.4, -0.2) is 47.9 Å². The molecule has 4 rings (SSSR count). The van der Waals surface area contributed by atoms with Gasteiger partial charge in [-0.3, -0.25) is 14.4 Å². The van der Waals surface area contributed by atoms with Crippen LogP contribution in [0.2, 0.25) is 0 Å². The third kappa shape index (κ3) is 5.68. The second kappa shape index (κ2) is 10.6. The molecule has 180 valence electrons. The molecule has 1 aromatic heterocycles. The van der Waals surface area contributed by atoms with Gasteiger partial charge in [0, 0.05) is 23.4 Å². The molecule has 9 nitrogen and oxygen atoms in total. The zero-order valence-corrected chi connectivity index (χ0v) is 19.4. The summed E-state index contributed by atoms with van der Waals surface area (Å²) in [6.07, 6.45) is 4.36. The first-order valence-corrected chi connectivity index (χ1v) is 12.0. The maximum Gasteiger partial charge on any atom is 0.268 e. The SMILES string of the molecule is CCCOc1cccc2[nH]c(C(=O)N[C@@H](CC3CC3)C(=O)N[C@H](C#N)CC3CCNC3=O)cc12. The van der Waals surface area contributed by atoms with E-state index in [0.717, 1.165) is 30.2 Å². The monoisotopic (exact) mass is 465 g/mol. The minimum absolute atomic E-state index is 0.0848. The molecule has 2 fully saturated rings. The van der Waals surface area contributed by atoms with E-state index in [2.05, 4.69) is 27.0 Å². The van der Waals surface area contributed by atoms with Gasteiger partial charge in [0.2, 0.25) is 11.8 Å². The van der Waals surface area contributed by atoms with Gasteiger partial charge in [-0.2, -0.15) is 5.26 Å². The summed E-state index contributed by atoms with van der Waals surface area (Å²) in [7, 11) is 0. The fraction of sp³-hybridized carbons (Fsp3) is 0.520. The third-order valence-electron chi connectivity index (χ3n) is 6.37. The van der Waals surface area contributed by atoms with Crippen molar-refractivity contribution in [1.82, 2.24) is 20.9 Å². The third-order valence-corrected chi connectivity index (χ3v) is 6.37. The predicted molar refractivity (Wildman–Crippen MR) is 126 cm³/mol. The fourth-order valence-corrected chi connectivity index (χ4v) is 4.31. The molecule has 34 heavy (non-hydrogen) atoms. The Hall–Kier alpha value is -3.54. The maximum atomic E-state index is 13.1. The Labute approximate surface area is 198 Å². The first-order valence-electron chi connectivity index (χ1n) is 12.0. The molecule has 9 heteroatoms. The van der Waals surface area contributed by atoms with Crippen molar-refractivity contribution < 1.29 is 19.1 Å². The van der Waals surface area contributed by atoms with Crippen LogP contribution >= 0.6 is 0 Å². The van der Waals surface area contributed by atoms with Crippen LogP contribution in [-0.2, 0) is 9.59 Å². The molecule has 3 atom stereocenters. The minimum atomic E-state index is -0.786. The molecule has 0 bridgehead atoms. The van der Waals surface area contributed by atoms with Crippen molar-refractivity contribution in [3.05, 3.63) is 30.0 Å². The van der Waals surface area contributed by atoms with Gasteiger partial charge < -0.3 is 25.7 Å². The average Bonchev–Trinajstić information content (AvgIpc) is 3.39. The van der Waals surface area contributed by atoms with Crippen molar-refractivity contribution in [3.63, 3.8) is 0 Å². The highest BCUT2D eigenvalue weighted by Gasteiger charge is 2.33. The minimum Gasteiger partial charge on any atom is -0.493 e. The number of nitrogens with one attached hydrogen (secondary N) is 4. The molecule has 0 radical (unpaired) electrons. The lowest BCUT2D eigenvalue weighted by atomic mass is 9.98. The summed E-state index contributed by atoms with van der Waals surface area (Å²) in [5, 5.41) is 18.7. The van der Waals surface area contributed by atoms with Crippen molar-refractivity contribution in [2.24, 2.45) is 11.8 Å². The molecule has 1 aromatic carbocycles. The van der Waals surface area contributed by atoms with Crippen LogP contribution in [0.15, 0.2) is 24.3 Å². The zero-order valence-electron chi connectivity index (χ0n) is 19.4. The summed E-state index contributed by atoms with van der Waals surface area (Å²) < 4.78 is 5.79. The number of hydrogen-bond acceptors (Lipinski definition) is 5. The van der Waals surface area contributed by atoms with E-state index >= 15 is 0 Å². The summed E-state index contributed by atoms with van der Waals surface area (Å²) in [6, 6.07) is 7.88. The van der Waals surface area contributed by atoms with E-state index in [4.69, 9.17) is 4.74 Å². The average molecular weight is 466 g/mol. The first-order chi connectivity index (χ1) is 16.5. The Morgan fingerprint density at radius 3 is 2.74 bits per heavy atom. The van der Waals surface area contributed by atoms with Crippen LogP contribution in [0.4, 0.5) is 0 Å². The second-order valence-electron chi connectivity index (χ2n) is 9.16. The van der Waals surface area contributed by atoms with E-state index in [-0.39, 0.29) is 24.2 Å². The number of carbonyl (C=O) groups is 3. The number of aromatic amines is 1. The van der Waals surface area contributed by atoms with E-state index in [1.165, 1.54) is 0 Å². The van der Waals surface area contributed by atoms with Crippen LogP contribution in [0, 0.1) is 23.2 Å². The number of H-pyrrole nitrogens is 1. The molecule has 1 unspecified atom stereocenters. The predicted octanol–water partition coefficient (Wildman–Crippen LogP) is 2.39. The van der Waals surface area contributed by atoms with Gasteiger partial charge in [-0.1, -0.05) is 25.8 Å². The second-order valence-corrected chi connectivity index (χ2v) is 9.16. The lowest BCUT2D eigenvalue weighted by Gasteiger charge is -2.21. The van der Waals surface area contributed by atoms with E-state index < -0.39 is 18.0 Å². The number of fused-ring (bicyclic) bond motifs is 1. The highest BCUT2D eigenvalue weighted by molar-refractivity contribution is 6.01. The van der Waals surface area contributed by atoms with Gasteiger partial charge >= 0.3 is 0 Å². The lowest BCUT2D eigenvalue weighted by Crippen LogP contribution is -2.50. The Balaban J connectivity index is 1.44. The number of hydrogen-bond donors (Lipinski definition) is 4. The topological polar surface area (TPSA) is 136 Å². The van der Waals surface area contributed by atoms with Crippen LogP contribution in [0.1, 0.15) is 55.9 Å². The van der Waals surface area contributed by atoms with Crippen LogP contribution < -0.4 is 20.7 Å². The number of nitriles is 1. The molecule has 3 amide bonds. The van der Waals surface area contributed by atoms with Gasteiger partial charge in [-0.25, -0.2) is 0 Å². The molecular weight excluding hydrogens is 434 g/mol. The highest BCUT2D eigenvalue weighted by Crippen LogP contribution is 2.34. The molecule has 1 aliphatic heterocycles. The van der Waals surface area contributed by atoms with Gasteiger partial charge in [0.25, 0.3) is 5.91 Å². The quantitative estimate of drug-likeness (QED) is 0.404. The summed E-state index contributed by atoms with van der Waals surface area (Å²) >= 11 is 0. The van der Waals surface area contributed by atoms with Crippen molar-refractivity contribution in [2.75, 3.05) is 13.2 Å². The van der Waals surface area contributed by atoms with E-state index in [9.17, 15) is 19.6 Å². The summed E-state index contributed by atoms with van der Waals surface area (Å²) in [4.78, 5) is 41.1. The molecule has 4 N–H and O–H groups in total. The summed E-state index contributed by atoms with van der Waals surface area (Å²) in [5.74, 6) is -0.0607. The Morgan fingerprint density at radius 1 is 1.24 bits per heavy atom. The van der Waals surface area contributed by atoms with Crippen LogP contribution in [0.3, 0.4) is 0 Å². The number of benzene rings is 1. The van der Waals surface area contributed by atoms with Gasteiger partial charge in [-0.15, -0.1) is 0 Å². The molecule has 1 saturated heterocycles. The molecule has 0 spiro atoms. The van der Waals surface area contributed by atoms with Gasteiger partial charge in [0.1, 0.15) is 23.5 Å². The van der Waals surface area contributed by atoms with Crippen LogP contribution in [0.25, 0.3) is 10.9 Å². The fourth-order valence-electron chi connectivity index (χ4n) is 4.31. The normalized spacial score (nSPS) is 19.2. The Bertz CT molecular complexity index is 1100. The standard InChI is InChI=1S/C25H31N5O4/c1-2-10-34-22-5-3-4-19-18(22)13-21(29-19)25(33)30-20(11-15-6-7-15)24(32)28-17(14-26)12-16-8-9-27-23(16)31/h3-5,13,15-17,20,29H,2,6-12H2,1H3,(H,27,31)(H,28,32)(H,30,33)/t16?,17-,20-/m0/s1. The number of aromatic nitrogens is 1. The van der Waals surface area contributed by atoms with Gasteiger partial charge in [0.15, 0.2) is 0 Å². The van der Waals surface area contributed by atoms with Crippen molar-refractivity contribution in [1.29, 1.82) is 5.26 Å². The number of ether oxygens (including phenoxy) is 1. The number of carbonyl (C=O) groups excluding carboxylic acids is 3. The first kappa shape index (κ1) is 23.6. The smallest absolute Gasteiger partial charge is 0.268 e. The van der Waals surface area contributed by atoms with Crippen LogP contribution in [0.5, 0.6) is 5.75 Å². The molecule has 1 saturated carbocycles. The lowest BCUT2D eigenvalue weighted by molar-refractivity contribution is -0.125. The zero-order chi connectivity index (χ0) is 24.1. The molecular formula is C25H31N5O4. The maximum absolute atomic E-state index is 13.1. The highest BCUT2D eigenvalue weighted by atomic mass is 16.5. The molecule has 2 aliphatic rings. The molecule has 1 aliphatic carbocycles. The molecule has 2 aromatic rings. The Morgan fingerprint density at radius 2 is 2.06 bits per heavy atom. The summed E-state index contributed by atoms with van der Waals surface area (Å²) in [5.41, 5.74) is 1.12. The van der Waals surface area contributed by atoms with Gasteiger partial charge in [-0.05, 0) is 49.8 Å². The van der Waals surface area contributed by atoms with Crippen molar-refractivity contribution in [3.8, 4) is 11.8 Å². The van der Waals surface area contributed by atoms with E-state index in [1.807, 2.05) is 25.1 Å². The number of nitrogens with zero attached hydrogens (tertiary/aromatic N) is 1. The van der Waals surface area contributed by atoms with Crippen molar-refractivity contribution >= 4 is 28.6 Å². The summed E-state index contributed by atoms with van der Waals surface area (Å²) in [6.45, 7) is 3.20. The van der Waals surface area contributed by atoms with E-state index in [0.29, 0.717) is 43.4 Å². The van der Waals surface area contributed by atoms with Crippen molar-refractivity contribution in [2.45, 2.75) is 57.5 Å². The molecule has 2 heterocycles. The number of rotatable bonds is 11. The number of amides is 3.